The summed E-state index contributed by atoms with van der Waals surface area (Å²) < 4.78 is 32.6. The molecule has 0 aliphatic rings. The molecular weight excluding hydrogens is 240 g/mol. The largest absolute Gasteiger partial charge is 0.497 e. The maximum Gasteiger partial charge on any atom is 0.137 e. The topological polar surface area (TPSA) is 61.0 Å². The zero-order valence-corrected chi connectivity index (χ0v) is 9.87. The number of ether oxygens (including phenoxy) is 1. The van der Waals surface area contributed by atoms with E-state index < -0.39 is 11.6 Å². The molecule has 94 valence electrons. The Morgan fingerprint density at radius 1 is 1.11 bits per heavy atom. The number of aromatic nitrogens is 2. The van der Waals surface area contributed by atoms with Crippen LogP contribution in [0.1, 0.15) is 5.69 Å². The number of halogens is 2. The Balaban J connectivity index is 2.72. The Morgan fingerprint density at radius 3 is 2.22 bits per heavy atom. The molecule has 18 heavy (non-hydrogen) atoms. The standard InChI is InChI=1S/C12H11F2N3O/c1-6-10(12(15)17-5-16-6)11-8(13)3-7(18-2)4-9(11)14/h3-5H,1-2H3,(H2,15,16,17). The lowest BCUT2D eigenvalue weighted by Gasteiger charge is -2.11. The first-order chi connectivity index (χ1) is 8.54. The lowest BCUT2D eigenvalue weighted by molar-refractivity contribution is 0.407. The van der Waals surface area contributed by atoms with Gasteiger partial charge in [0.15, 0.2) is 0 Å². The smallest absolute Gasteiger partial charge is 0.137 e. The molecular formula is C12H11F2N3O. The summed E-state index contributed by atoms with van der Waals surface area (Å²) >= 11 is 0. The molecule has 4 nitrogen and oxygen atoms in total. The Labute approximate surface area is 102 Å². The van der Waals surface area contributed by atoms with Crippen molar-refractivity contribution in [2.75, 3.05) is 12.8 Å². The normalized spacial score (nSPS) is 10.4. The molecule has 1 aromatic carbocycles. The highest BCUT2D eigenvalue weighted by Crippen LogP contribution is 2.33. The summed E-state index contributed by atoms with van der Waals surface area (Å²) in [6.45, 7) is 1.61. The number of anilines is 1. The van der Waals surface area contributed by atoms with Crippen LogP contribution in [0, 0.1) is 18.6 Å². The lowest BCUT2D eigenvalue weighted by Crippen LogP contribution is -2.02. The molecule has 0 bridgehead atoms. The van der Waals surface area contributed by atoms with Gasteiger partial charge in [-0.1, -0.05) is 0 Å². The number of aryl methyl sites for hydroxylation is 1. The Hall–Kier alpha value is -2.24. The fourth-order valence-electron chi connectivity index (χ4n) is 1.71. The van der Waals surface area contributed by atoms with Crippen molar-refractivity contribution in [1.82, 2.24) is 9.97 Å². The molecule has 2 aromatic rings. The van der Waals surface area contributed by atoms with Crippen LogP contribution in [-0.4, -0.2) is 17.1 Å². The fourth-order valence-corrected chi connectivity index (χ4v) is 1.71. The first kappa shape index (κ1) is 12.2. The van der Waals surface area contributed by atoms with Gasteiger partial charge in [-0.05, 0) is 6.92 Å². The van der Waals surface area contributed by atoms with E-state index in [0.29, 0.717) is 5.69 Å². The van der Waals surface area contributed by atoms with Crippen molar-refractivity contribution >= 4 is 5.82 Å². The van der Waals surface area contributed by atoms with Gasteiger partial charge in [0.25, 0.3) is 0 Å². The predicted molar refractivity (Wildman–Crippen MR) is 63.1 cm³/mol. The van der Waals surface area contributed by atoms with E-state index in [4.69, 9.17) is 10.5 Å². The van der Waals surface area contributed by atoms with Crippen LogP contribution < -0.4 is 10.5 Å². The minimum atomic E-state index is -0.767. The van der Waals surface area contributed by atoms with E-state index in [-0.39, 0.29) is 22.7 Å². The molecule has 1 heterocycles. The summed E-state index contributed by atoms with van der Waals surface area (Å²) in [5, 5.41) is 0. The van der Waals surface area contributed by atoms with Crippen LogP contribution in [0.3, 0.4) is 0 Å². The van der Waals surface area contributed by atoms with Gasteiger partial charge in [-0.15, -0.1) is 0 Å². The van der Waals surface area contributed by atoms with E-state index in [9.17, 15) is 8.78 Å². The van der Waals surface area contributed by atoms with Crippen LogP contribution in [0.25, 0.3) is 11.1 Å². The highest BCUT2D eigenvalue weighted by atomic mass is 19.1. The van der Waals surface area contributed by atoms with E-state index in [2.05, 4.69) is 9.97 Å². The number of methoxy groups -OCH3 is 1. The second kappa shape index (κ2) is 4.56. The molecule has 0 fully saturated rings. The lowest BCUT2D eigenvalue weighted by atomic mass is 10.0. The molecule has 0 spiro atoms. The summed E-state index contributed by atoms with van der Waals surface area (Å²) in [5.74, 6) is -1.40. The van der Waals surface area contributed by atoms with E-state index in [1.165, 1.54) is 13.4 Å². The molecule has 6 heteroatoms. The monoisotopic (exact) mass is 251 g/mol. The molecule has 0 radical (unpaired) electrons. The molecule has 0 saturated carbocycles. The number of nitrogens with two attached hydrogens (primary N) is 1. The van der Waals surface area contributed by atoms with Crippen LogP contribution in [0.5, 0.6) is 5.75 Å². The maximum atomic E-state index is 13.9. The van der Waals surface area contributed by atoms with Gasteiger partial charge in [0, 0.05) is 12.1 Å². The summed E-state index contributed by atoms with van der Waals surface area (Å²) in [4.78, 5) is 7.63. The molecule has 0 unspecified atom stereocenters. The number of benzene rings is 1. The van der Waals surface area contributed by atoms with Crippen LogP contribution in [-0.2, 0) is 0 Å². The van der Waals surface area contributed by atoms with E-state index in [1.54, 1.807) is 6.92 Å². The molecule has 0 aliphatic heterocycles. The summed E-state index contributed by atoms with van der Waals surface area (Å²) in [5.41, 5.74) is 5.97. The van der Waals surface area contributed by atoms with Crippen molar-refractivity contribution in [3.8, 4) is 16.9 Å². The van der Waals surface area contributed by atoms with E-state index in [1.807, 2.05) is 0 Å². The Bertz CT molecular complexity index is 559. The number of rotatable bonds is 2. The predicted octanol–water partition coefficient (Wildman–Crippen LogP) is 2.32. The Kier molecular flexibility index (Phi) is 3.10. The minimum absolute atomic E-state index is 0.0328. The highest BCUT2D eigenvalue weighted by Gasteiger charge is 2.19. The van der Waals surface area contributed by atoms with Crippen molar-refractivity contribution in [3.05, 3.63) is 35.8 Å². The zero-order chi connectivity index (χ0) is 13.3. The second-order valence-corrected chi connectivity index (χ2v) is 3.69. The zero-order valence-electron chi connectivity index (χ0n) is 9.87. The maximum absolute atomic E-state index is 13.9. The number of hydrogen-bond donors (Lipinski definition) is 1. The molecule has 0 atom stereocenters. The average Bonchev–Trinajstić information content (AvgIpc) is 2.31. The van der Waals surface area contributed by atoms with Crippen LogP contribution >= 0.6 is 0 Å². The highest BCUT2D eigenvalue weighted by molar-refractivity contribution is 5.76. The summed E-state index contributed by atoms with van der Waals surface area (Å²) in [7, 11) is 1.33. The SMILES string of the molecule is COc1cc(F)c(-c2c(C)ncnc2N)c(F)c1. The van der Waals surface area contributed by atoms with Gasteiger partial charge in [0.1, 0.15) is 29.5 Å². The Morgan fingerprint density at radius 2 is 1.72 bits per heavy atom. The van der Waals surface area contributed by atoms with Crippen molar-refractivity contribution in [2.24, 2.45) is 0 Å². The number of nitrogen functional groups attached to an aromatic ring is 1. The molecule has 0 saturated heterocycles. The van der Waals surface area contributed by atoms with Gasteiger partial charge in [0.2, 0.25) is 0 Å². The quantitative estimate of drug-likeness (QED) is 0.889. The van der Waals surface area contributed by atoms with E-state index >= 15 is 0 Å². The molecule has 2 rings (SSSR count). The third-order valence-corrected chi connectivity index (χ3v) is 2.57. The van der Waals surface area contributed by atoms with Crippen molar-refractivity contribution < 1.29 is 13.5 Å². The first-order valence-corrected chi connectivity index (χ1v) is 5.15. The molecule has 0 aliphatic carbocycles. The van der Waals surface area contributed by atoms with Crippen LogP contribution in [0.4, 0.5) is 14.6 Å². The number of nitrogens with zero attached hydrogens (tertiary/aromatic N) is 2. The second-order valence-electron chi connectivity index (χ2n) is 3.69. The first-order valence-electron chi connectivity index (χ1n) is 5.15. The average molecular weight is 251 g/mol. The third kappa shape index (κ3) is 1.97. The van der Waals surface area contributed by atoms with Gasteiger partial charge >= 0.3 is 0 Å². The van der Waals surface area contributed by atoms with Crippen LogP contribution in [0.2, 0.25) is 0 Å². The molecule has 1 aromatic heterocycles. The van der Waals surface area contributed by atoms with E-state index in [0.717, 1.165) is 12.1 Å². The van der Waals surface area contributed by atoms with Gasteiger partial charge in [-0.2, -0.15) is 0 Å². The van der Waals surface area contributed by atoms with Gasteiger partial charge in [-0.3, -0.25) is 0 Å². The van der Waals surface area contributed by atoms with Crippen molar-refractivity contribution in [2.45, 2.75) is 6.92 Å². The van der Waals surface area contributed by atoms with Crippen LogP contribution in [0.15, 0.2) is 18.5 Å². The van der Waals surface area contributed by atoms with Gasteiger partial charge in [0.05, 0.1) is 23.9 Å². The minimum Gasteiger partial charge on any atom is -0.497 e. The number of hydrogen-bond acceptors (Lipinski definition) is 4. The third-order valence-electron chi connectivity index (χ3n) is 2.57. The summed E-state index contributed by atoms with van der Waals surface area (Å²) in [6, 6.07) is 2.18. The fraction of sp³-hybridized carbons (Fsp3) is 0.167. The molecule has 2 N–H and O–H groups in total. The van der Waals surface area contributed by atoms with Gasteiger partial charge in [-0.25, -0.2) is 18.7 Å². The van der Waals surface area contributed by atoms with Crippen molar-refractivity contribution in [3.63, 3.8) is 0 Å². The van der Waals surface area contributed by atoms with Crippen molar-refractivity contribution in [1.29, 1.82) is 0 Å². The summed E-state index contributed by atoms with van der Waals surface area (Å²) in [6.07, 6.45) is 1.24. The molecule has 0 amide bonds. The van der Waals surface area contributed by atoms with Gasteiger partial charge < -0.3 is 10.5 Å².